The minimum Gasteiger partial charge on any atom is -0.372 e. The molecular formula is C23H31N3O4S2. The average Bonchev–Trinajstić information content (AvgIpc) is 2.74. The Morgan fingerprint density at radius 2 is 1.59 bits per heavy atom. The predicted molar refractivity (Wildman–Crippen MR) is 129 cm³/mol. The number of rotatable bonds is 5. The van der Waals surface area contributed by atoms with E-state index < -0.39 is 20.0 Å². The van der Waals surface area contributed by atoms with Crippen LogP contribution < -0.4 is 13.9 Å². The topological polar surface area (TPSA) is 86.8 Å². The molecule has 2 aliphatic rings. The number of benzene rings is 2. The molecular weight excluding hydrogens is 446 g/mol. The van der Waals surface area contributed by atoms with Gasteiger partial charge in [-0.05, 0) is 86.6 Å². The molecule has 0 amide bonds. The van der Waals surface area contributed by atoms with Gasteiger partial charge in [0.15, 0.2) is 0 Å². The fourth-order valence-electron chi connectivity index (χ4n) is 4.39. The lowest BCUT2D eigenvalue weighted by Crippen LogP contribution is -2.37. The Bertz CT molecular complexity index is 1170. The molecule has 2 saturated heterocycles. The molecule has 0 radical (unpaired) electrons. The van der Waals surface area contributed by atoms with E-state index >= 15 is 0 Å². The van der Waals surface area contributed by atoms with Crippen LogP contribution in [0.15, 0.2) is 47.4 Å². The second kappa shape index (κ2) is 8.94. The number of piperidine rings is 1. The SMILES string of the molecule is Cc1cc(N2CCCCS2(=O)=O)ccc1S(=O)(=O)Nc1ccc(N2CCC(C)CC2)cc1. The van der Waals surface area contributed by atoms with Gasteiger partial charge in [0.05, 0.1) is 16.3 Å². The molecule has 0 aliphatic carbocycles. The van der Waals surface area contributed by atoms with E-state index in [1.807, 2.05) is 12.1 Å². The standard InChI is InChI=1S/C23H31N3O4S2/c1-18-11-14-25(15-12-18)21-7-5-20(6-8-21)24-32(29,30)23-10-9-22(17-19(23)2)26-13-3-4-16-31(26,27)28/h5-10,17-18,24H,3-4,11-16H2,1-2H3. The molecule has 0 spiro atoms. The van der Waals surface area contributed by atoms with E-state index in [-0.39, 0.29) is 10.6 Å². The second-order valence-corrected chi connectivity index (χ2v) is 12.5. The first-order valence-corrected chi connectivity index (χ1v) is 14.2. The van der Waals surface area contributed by atoms with E-state index in [0.29, 0.717) is 29.9 Å². The number of anilines is 3. The van der Waals surface area contributed by atoms with Crippen LogP contribution in [-0.2, 0) is 20.0 Å². The molecule has 1 N–H and O–H groups in total. The van der Waals surface area contributed by atoms with Crippen LogP contribution in [0, 0.1) is 12.8 Å². The van der Waals surface area contributed by atoms with Crippen molar-refractivity contribution in [3.05, 3.63) is 48.0 Å². The maximum Gasteiger partial charge on any atom is 0.262 e. The first-order valence-electron chi connectivity index (χ1n) is 11.1. The molecule has 2 heterocycles. The number of nitrogens with zero attached hydrogens (tertiary/aromatic N) is 2. The second-order valence-electron chi connectivity index (χ2n) is 8.87. The van der Waals surface area contributed by atoms with Gasteiger partial charge in [-0.2, -0.15) is 0 Å². The number of sulfonamides is 2. The Labute approximate surface area is 191 Å². The lowest BCUT2D eigenvalue weighted by atomic mass is 9.99. The van der Waals surface area contributed by atoms with Crippen molar-refractivity contribution in [2.45, 2.75) is 44.4 Å². The maximum absolute atomic E-state index is 13.0. The summed E-state index contributed by atoms with van der Waals surface area (Å²) in [6.45, 7) is 6.42. The van der Waals surface area contributed by atoms with Crippen LogP contribution in [0.1, 0.15) is 38.2 Å². The van der Waals surface area contributed by atoms with Crippen LogP contribution in [0.2, 0.25) is 0 Å². The van der Waals surface area contributed by atoms with Gasteiger partial charge in [0, 0.05) is 31.0 Å². The summed E-state index contributed by atoms with van der Waals surface area (Å²) < 4.78 is 54.8. The molecule has 4 rings (SSSR count). The van der Waals surface area contributed by atoms with Gasteiger partial charge in [0.25, 0.3) is 10.0 Å². The summed E-state index contributed by atoms with van der Waals surface area (Å²) in [6.07, 6.45) is 3.79. The van der Waals surface area contributed by atoms with Crippen LogP contribution in [0.4, 0.5) is 17.1 Å². The van der Waals surface area contributed by atoms with Crippen molar-refractivity contribution in [2.75, 3.05) is 39.3 Å². The van der Waals surface area contributed by atoms with Crippen molar-refractivity contribution in [3.63, 3.8) is 0 Å². The summed E-state index contributed by atoms with van der Waals surface area (Å²) in [4.78, 5) is 2.47. The van der Waals surface area contributed by atoms with Crippen molar-refractivity contribution >= 4 is 37.1 Å². The third-order valence-electron chi connectivity index (χ3n) is 6.35. The van der Waals surface area contributed by atoms with Crippen LogP contribution in [0.25, 0.3) is 0 Å². The summed E-state index contributed by atoms with van der Waals surface area (Å²) >= 11 is 0. The molecule has 0 saturated carbocycles. The average molecular weight is 478 g/mol. The lowest BCUT2D eigenvalue weighted by Gasteiger charge is -2.32. The summed E-state index contributed by atoms with van der Waals surface area (Å²) in [5.41, 5.74) is 2.63. The monoisotopic (exact) mass is 477 g/mol. The Morgan fingerprint density at radius 3 is 2.22 bits per heavy atom. The molecule has 32 heavy (non-hydrogen) atoms. The van der Waals surface area contributed by atoms with Crippen molar-refractivity contribution in [1.29, 1.82) is 0 Å². The van der Waals surface area contributed by atoms with Crippen LogP contribution in [0.3, 0.4) is 0 Å². The summed E-state index contributed by atoms with van der Waals surface area (Å²) in [5.74, 6) is 0.877. The molecule has 0 bridgehead atoms. The van der Waals surface area contributed by atoms with E-state index in [1.54, 1.807) is 31.2 Å². The van der Waals surface area contributed by atoms with Gasteiger partial charge in [-0.1, -0.05) is 6.92 Å². The first kappa shape index (κ1) is 22.9. The van der Waals surface area contributed by atoms with E-state index in [1.165, 1.54) is 23.2 Å². The molecule has 2 fully saturated rings. The summed E-state index contributed by atoms with van der Waals surface area (Å²) in [7, 11) is -7.14. The van der Waals surface area contributed by atoms with Gasteiger partial charge in [-0.25, -0.2) is 16.8 Å². The fourth-order valence-corrected chi connectivity index (χ4v) is 7.30. The Morgan fingerprint density at radius 1 is 0.938 bits per heavy atom. The lowest BCUT2D eigenvalue weighted by molar-refractivity contribution is 0.438. The van der Waals surface area contributed by atoms with Crippen molar-refractivity contribution < 1.29 is 16.8 Å². The molecule has 0 atom stereocenters. The minimum atomic E-state index is -3.80. The fraction of sp³-hybridized carbons (Fsp3) is 0.478. The maximum atomic E-state index is 13.0. The zero-order valence-corrected chi connectivity index (χ0v) is 20.3. The normalized spacial score (nSPS) is 19.7. The van der Waals surface area contributed by atoms with Gasteiger partial charge >= 0.3 is 0 Å². The van der Waals surface area contributed by atoms with E-state index in [4.69, 9.17) is 0 Å². The molecule has 2 aromatic rings. The van der Waals surface area contributed by atoms with Crippen LogP contribution in [0.5, 0.6) is 0 Å². The minimum absolute atomic E-state index is 0.125. The highest BCUT2D eigenvalue weighted by molar-refractivity contribution is 7.93. The Kier molecular flexibility index (Phi) is 6.40. The predicted octanol–water partition coefficient (Wildman–Crippen LogP) is 3.96. The Hall–Kier alpha value is -2.26. The van der Waals surface area contributed by atoms with E-state index in [0.717, 1.165) is 31.1 Å². The van der Waals surface area contributed by atoms with Crippen LogP contribution >= 0.6 is 0 Å². The molecule has 174 valence electrons. The number of hydrogen-bond acceptors (Lipinski definition) is 5. The van der Waals surface area contributed by atoms with Gasteiger partial charge in [-0.3, -0.25) is 9.03 Å². The molecule has 7 nitrogen and oxygen atoms in total. The Balaban J connectivity index is 1.50. The van der Waals surface area contributed by atoms with Crippen molar-refractivity contribution in [3.8, 4) is 0 Å². The number of hydrogen-bond donors (Lipinski definition) is 1. The quantitative estimate of drug-likeness (QED) is 0.704. The summed E-state index contributed by atoms with van der Waals surface area (Å²) in [5, 5.41) is 0. The third kappa shape index (κ3) is 4.88. The molecule has 2 aromatic carbocycles. The van der Waals surface area contributed by atoms with Gasteiger partial charge in [0.2, 0.25) is 10.0 Å². The van der Waals surface area contributed by atoms with E-state index in [9.17, 15) is 16.8 Å². The third-order valence-corrected chi connectivity index (χ3v) is 9.76. The number of nitrogens with one attached hydrogen (secondary N) is 1. The van der Waals surface area contributed by atoms with Gasteiger partial charge in [0.1, 0.15) is 0 Å². The smallest absolute Gasteiger partial charge is 0.262 e. The summed E-state index contributed by atoms with van der Waals surface area (Å²) in [6, 6.07) is 12.2. The first-order chi connectivity index (χ1) is 15.2. The zero-order chi connectivity index (χ0) is 22.9. The number of aryl methyl sites for hydroxylation is 1. The highest BCUT2D eigenvalue weighted by atomic mass is 32.2. The van der Waals surface area contributed by atoms with Crippen LogP contribution in [-0.4, -0.2) is 42.2 Å². The van der Waals surface area contributed by atoms with Gasteiger partial charge < -0.3 is 4.90 Å². The molecule has 9 heteroatoms. The van der Waals surface area contributed by atoms with E-state index in [2.05, 4.69) is 16.5 Å². The largest absolute Gasteiger partial charge is 0.372 e. The highest BCUT2D eigenvalue weighted by Gasteiger charge is 2.27. The molecule has 2 aliphatic heterocycles. The molecule has 0 aromatic heterocycles. The molecule has 0 unspecified atom stereocenters. The zero-order valence-electron chi connectivity index (χ0n) is 18.6. The van der Waals surface area contributed by atoms with Crippen molar-refractivity contribution in [1.82, 2.24) is 0 Å². The van der Waals surface area contributed by atoms with Crippen molar-refractivity contribution in [2.24, 2.45) is 5.92 Å². The highest BCUT2D eigenvalue weighted by Crippen LogP contribution is 2.29. The van der Waals surface area contributed by atoms with Gasteiger partial charge in [-0.15, -0.1) is 0 Å².